The largest absolute Gasteiger partial charge is 0.311 e. The lowest BCUT2D eigenvalue weighted by atomic mass is 9.94. The van der Waals surface area contributed by atoms with Crippen LogP contribution in [-0.2, 0) is 0 Å². The van der Waals surface area contributed by atoms with Crippen LogP contribution < -0.4 is 9.80 Å². The first-order valence-electron chi connectivity index (χ1n) is 40.9. The number of anilines is 6. The normalized spacial score (nSPS) is 11.0. The molecule has 2 nitrogen and oxygen atoms in total. The van der Waals surface area contributed by atoms with Crippen molar-refractivity contribution in [2.24, 2.45) is 0 Å². The first-order valence-corrected chi connectivity index (χ1v) is 40.9. The van der Waals surface area contributed by atoms with E-state index in [1.165, 1.54) is 111 Å². The van der Waals surface area contributed by atoms with Gasteiger partial charge in [-0.1, -0.05) is 434 Å². The average Bonchev–Trinajstić information content (AvgIpc) is 0.807. The van der Waals surface area contributed by atoms with Crippen molar-refractivity contribution in [2.75, 3.05) is 9.80 Å². The number of hydrogen-bond donors (Lipinski definition) is 0. The maximum absolute atomic E-state index is 2.34. The van der Waals surface area contributed by atoms with Crippen LogP contribution in [0, 0.1) is 34.6 Å². The summed E-state index contributed by atoms with van der Waals surface area (Å²) in [4.78, 5) is 4.66. The van der Waals surface area contributed by atoms with E-state index >= 15 is 0 Å². The van der Waals surface area contributed by atoms with Crippen LogP contribution in [0.3, 0.4) is 0 Å². The summed E-state index contributed by atoms with van der Waals surface area (Å²) < 4.78 is 0. The fourth-order valence-corrected chi connectivity index (χ4v) is 14.7. The second-order valence-electron chi connectivity index (χ2n) is 30.1. The van der Waals surface area contributed by atoms with E-state index in [2.05, 4.69) is 536 Å². The Labute approximate surface area is 704 Å². The zero-order valence-corrected chi connectivity index (χ0v) is 68.2. The van der Waals surface area contributed by atoms with Gasteiger partial charge in [0.15, 0.2) is 0 Å². The molecule has 0 unspecified atom stereocenters. The lowest BCUT2D eigenvalue weighted by Gasteiger charge is -2.26. The molecule has 0 aliphatic heterocycles. The second-order valence-corrected chi connectivity index (χ2v) is 30.1. The lowest BCUT2D eigenvalue weighted by molar-refractivity contribution is 1.27. The highest BCUT2D eigenvalue weighted by Crippen LogP contribution is 2.40. The monoisotopic (exact) mass is 1530 g/mol. The molecule has 16 aromatic rings. The number of allylic oxidation sites excluding steroid dienone is 6. The summed E-state index contributed by atoms with van der Waals surface area (Å²) in [5.74, 6) is 0. The highest BCUT2D eigenvalue weighted by atomic mass is 15.1. The maximum Gasteiger partial charge on any atom is 0.0462 e. The van der Waals surface area contributed by atoms with Crippen molar-refractivity contribution in [3.63, 3.8) is 0 Å². The van der Waals surface area contributed by atoms with Crippen LogP contribution in [0.4, 0.5) is 34.1 Å². The fraction of sp³-hybridized carbons (Fsp3) is 0.0427. The van der Waals surface area contributed by atoms with Gasteiger partial charge in [-0.2, -0.15) is 0 Å². The van der Waals surface area contributed by atoms with Gasteiger partial charge < -0.3 is 9.80 Å². The Hall–Kier alpha value is -15.0. The highest BCUT2D eigenvalue weighted by molar-refractivity contribution is 5.94. The first-order chi connectivity index (χ1) is 58.5. The third-order valence-electron chi connectivity index (χ3n) is 21.3. The fourth-order valence-electron chi connectivity index (χ4n) is 14.7. The molecule has 0 aliphatic carbocycles. The van der Waals surface area contributed by atoms with Gasteiger partial charge in [-0.15, -0.1) is 0 Å². The smallest absolute Gasteiger partial charge is 0.0462 e. The predicted molar refractivity (Wildman–Crippen MR) is 513 cm³/mol. The Bertz CT molecular complexity index is 5480. The average molecular weight is 1530 g/mol. The molecule has 0 saturated carbocycles. The van der Waals surface area contributed by atoms with E-state index < -0.39 is 0 Å². The summed E-state index contributed by atoms with van der Waals surface area (Å²) in [5.41, 5.74) is 36.5. The molecule has 0 N–H and O–H groups in total. The molecule has 0 fully saturated rings. The molecule has 0 heterocycles. The summed E-state index contributed by atoms with van der Waals surface area (Å²) in [7, 11) is 0. The molecular weight excluding hydrogens is 1430 g/mol. The van der Waals surface area contributed by atoms with Crippen LogP contribution >= 0.6 is 0 Å². The van der Waals surface area contributed by atoms with Crippen molar-refractivity contribution >= 4 is 92.4 Å². The number of hydrogen-bond acceptors (Lipinski definition) is 2. The standard InChI is InChI=1S/C66H51N.C51H45N/c1-7-25-55(26-8-1)64(56-27-9-2-10-28-56)37-19-22-52-40-46-61(47-41-52)67(62-48-42-53(43-49-62)23-20-38-65(57-29-11-3-12-30-57)58-31-13-4-14-32-58)63-50-44-54(45-51-63)24-21-39-66(59-33-15-5-16-34-59)60-35-17-6-18-36-60;1-36-6-20-43(21-7-36)50(44-22-8-37(2)9-23-44)34-41-16-30-48(31-17-41)52(47-28-14-40(5)15-29-47)49-32-18-42(19-33-49)35-51(45-24-10-38(3)11-25-45)46-26-12-39(4)13-27-46/h1-51H;6-35H,1-5H3/b22-19+,23-20+,24-21+;. The Morgan fingerprint density at radius 2 is 0.319 bits per heavy atom. The van der Waals surface area contributed by atoms with Crippen LogP contribution in [0.15, 0.2) is 461 Å². The molecule has 0 saturated heterocycles. The van der Waals surface area contributed by atoms with Crippen LogP contribution in [0.1, 0.15) is 111 Å². The molecule has 119 heavy (non-hydrogen) atoms. The minimum Gasteiger partial charge on any atom is -0.311 e. The Morgan fingerprint density at radius 1 is 0.160 bits per heavy atom. The van der Waals surface area contributed by atoms with E-state index in [4.69, 9.17) is 0 Å². The molecular formula is C117H96N2. The van der Waals surface area contributed by atoms with Crippen molar-refractivity contribution < 1.29 is 0 Å². The van der Waals surface area contributed by atoms with E-state index in [-0.39, 0.29) is 0 Å². The zero-order valence-electron chi connectivity index (χ0n) is 68.2. The van der Waals surface area contributed by atoms with Gasteiger partial charge in [0.2, 0.25) is 0 Å². The molecule has 0 bridgehead atoms. The van der Waals surface area contributed by atoms with Crippen LogP contribution in [0.5, 0.6) is 0 Å². The van der Waals surface area contributed by atoms with E-state index in [0.29, 0.717) is 0 Å². The summed E-state index contributed by atoms with van der Waals surface area (Å²) in [6.45, 7) is 10.7. The molecule has 0 aliphatic rings. The topological polar surface area (TPSA) is 6.48 Å². The molecule has 2 heteroatoms. The van der Waals surface area contributed by atoms with Crippen molar-refractivity contribution in [1.82, 2.24) is 0 Å². The molecule has 16 rings (SSSR count). The molecule has 0 radical (unpaired) electrons. The van der Waals surface area contributed by atoms with E-state index in [1.807, 2.05) is 0 Å². The third-order valence-corrected chi connectivity index (χ3v) is 21.3. The van der Waals surface area contributed by atoms with E-state index in [1.54, 1.807) is 0 Å². The molecule has 16 aromatic carbocycles. The quantitative estimate of drug-likeness (QED) is 0.0439. The van der Waals surface area contributed by atoms with Gasteiger partial charge in [0.25, 0.3) is 0 Å². The van der Waals surface area contributed by atoms with Crippen LogP contribution in [0.25, 0.3) is 58.2 Å². The number of benzene rings is 16. The Kier molecular flexibility index (Phi) is 26.2. The summed E-state index contributed by atoms with van der Waals surface area (Å²) in [6, 6.07) is 152. The number of nitrogens with zero attached hydrogens (tertiary/aromatic N) is 2. The minimum absolute atomic E-state index is 1.07. The van der Waals surface area contributed by atoms with Crippen molar-refractivity contribution in [3.8, 4) is 0 Å². The van der Waals surface area contributed by atoms with Gasteiger partial charge in [-0.05, 0) is 231 Å². The first kappa shape index (κ1) is 79.3. The zero-order chi connectivity index (χ0) is 81.3. The van der Waals surface area contributed by atoms with Gasteiger partial charge in [0.05, 0.1) is 0 Å². The summed E-state index contributed by atoms with van der Waals surface area (Å²) in [6.07, 6.45) is 24.2. The molecule has 574 valence electrons. The third kappa shape index (κ3) is 21.1. The van der Waals surface area contributed by atoms with Gasteiger partial charge >= 0.3 is 0 Å². The number of aryl methyl sites for hydroxylation is 5. The molecule has 0 aromatic heterocycles. The Balaban J connectivity index is 0.000000192. The summed E-state index contributed by atoms with van der Waals surface area (Å²) in [5, 5.41) is 0. The van der Waals surface area contributed by atoms with Gasteiger partial charge in [-0.3, -0.25) is 0 Å². The second kappa shape index (κ2) is 39.4. The summed E-state index contributed by atoms with van der Waals surface area (Å²) >= 11 is 0. The maximum atomic E-state index is 2.34. The highest BCUT2D eigenvalue weighted by Gasteiger charge is 2.17. The lowest BCUT2D eigenvalue weighted by Crippen LogP contribution is -2.09. The van der Waals surface area contributed by atoms with Crippen molar-refractivity contribution in [3.05, 3.63) is 572 Å². The van der Waals surface area contributed by atoms with Gasteiger partial charge in [0.1, 0.15) is 0 Å². The van der Waals surface area contributed by atoms with Crippen molar-refractivity contribution in [1.29, 1.82) is 0 Å². The molecule has 0 amide bonds. The van der Waals surface area contributed by atoms with Crippen LogP contribution in [-0.4, -0.2) is 0 Å². The van der Waals surface area contributed by atoms with E-state index in [0.717, 1.165) is 61.9 Å². The number of rotatable bonds is 24. The molecule has 0 spiro atoms. The SMILES string of the molecule is C(/C=C/c1ccc(N(c2ccc(/C=C/C=C(c3ccccc3)c3ccccc3)cc2)c2ccc(/C=C/C=C(c3ccccc3)c3ccccc3)cc2)cc1)=C(c1ccccc1)c1ccccc1.Cc1ccc(C(=Cc2ccc(N(c3ccc(C)cc3)c3ccc(C=C(c4ccc(C)cc4)c4ccc(C)cc4)cc3)cc2)c2ccc(C)cc2)cc1. The Morgan fingerprint density at radius 3 is 0.513 bits per heavy atom. The minimum atomic E-state index is 1.07. The van der Waals surface area contributed by atoms with Gasteiger partial charge in [0, 0.05) is 34.1 Å². The van der Waals surface area contributed by atoms with Gasteiger partial charge in [-0.25, -0.2) is 0 Å². The molecule has 0 atom stereocenters. The van der Waals surface area contributed by atoms with Crippen molar-refractivity contribution in [2.45, 2.75) is 34.6 Å². The van der Waals surface area contributed by atoms with E-state index in [9.17, 15) is 0 Å². The van der Waals surface area contributed by atoms with Crippen LogP contribution in [0.2, 0.25) is 0 Å². The predicted octanol–water partition coefficient (Wildman–Crippen LogP) is 31.5.